The Morgan fingerprint density at radius 2 is 1.42 bits per heavy atom. The molecule has 0 radical (unpaired) electrons. The van der Waals surface area contributed by atoms with Crippen molar-refractivity contribution in [3.05, 3.63) is 95.6 Å². The van der Waals surface area contributed by atoms with Crippen LogP contribution < -0.4 is 0 Å². The quantitative estimate of drug-likeness (QED) is 0.436. The predicted molar refractivity (Wildman–Crippen MR) is 114 cm³/mol. The largest absolute Gasteiger partial charge is 0.294 e. The van der Waals surface area contributed by atoms with Crippen LogP contribution in [0.3, 0.4) is 0 Å². The maximum absolute atomic E-state index is 4.36. The lowest BCUT2D eigenvalue weighted by Crippen LogP contribution is -2.28. The third-order valence-electron chi connectivity index (χ3n) is 4.75. The zero-order valence-electron chi connectivity index (χ0n) is 16.6. The lowest BCUT2D eigenvalue weighted by molar-refractivity contribution is 0.231. The van der Waals surface area contributed by atoms with Crippen LogP contribution in [-0.2, 0) is 13.1 Å². The smallest absolute Gasteiger partial charge is 0.0237 e. The second-order valence-electron chi connectivity index (χ2n) is 7.52. The normalized spacial score (nSPS) is 12.0. The number of benzene rings is 2. The highest BCUT2D eigenvalue weighted by Crippen LogP contribution is 2.19. The fourth-order valence-corrected chi connectivity index (χ4v) is 3.18. The third kappa shape index (κ3) is 7.41. The van der Waals surface area contributed by atoms with Gasteiger partial charge in [0.05, 0.1) is 0 Å². The van der Waals surface area contributed by atoms with Crippen molar-refractivity contribution in [2.24, 2.45) is 5.92 Å². The molecule has 0 aliphatic heterocycles. The molecule has 0 aliphatic carbocycles. The molecule has 0 N–H and O–H groups in total. The molecule has 0 saturated heterocycles. The number of rotatable bonds is 10. The molecule has 0 amide bonds. The van der Waals surface area contributed by atoms with E-state index >= 15 is 0 Å². The first kappa shape index (κ1) is 20.2. The number of hydrogen-bond acceptors (Lipinski definition) is 1. The molecule has 0 fully saturated rings. The highest BCUT2D eigenvalue weighted by molar-refractivity contribution is 5.17. The Balaban J connectivity index is 2.00. The van der Waals surface area contributed by atoms with Gasteiger partial charge < -0.3 is 0 Å². The summed E-state index contributed by atoms with van der Waals surface area (Å²) in [4.78, 5) is 2.54. The van der Waals surface area contributed by atoms with Crippen LogP contribution in [0.2, 0.25) is 0 Å². The van der Waals surface area contributed by atoms with Crippen molar-refractivity contribution >= 4 is 0 Å². The SMILES string of the molecule is C=C(CCC=C(C)C)C(C)CN(Cc1ccccc1)Cc1ccccc1. The van der Waals surface area contributed by atoms with Gasteiger partial charge in [-0.15, -0.1) is 0 Å². The highest BCUT2D eigenvalue weighted by atomic mass is 15.1. The molecule has 1 atom stereocenters. The molecule has 0 spiro atoms. The van der Waals surface area contributed by atoms with Crippen LogP contribution >= 0.6 is 0 Å². The van der Waals surface area contributed by atoms with E-state index in [0.717, 1.165) is 32.5 Å². The summed E-state index contributed by atoms with van der Waals surface area (Å²) in [5, 5.41) is 0. The summed E-state index contributed by atoms with van der Waals surface area (Å²) >= 11 is 0. The lowest BCUT2D eigenvalue weighted by Gasteiger charge is -2.27. The molecule has 26 heavy (non-hydrogen) atoms. The molecule has 2 rings (SSSR count). The first-order chi connectivity index (χ1) is 12.5. The highest BCUT2D eigenvalue weighted by Gasteiger charge is 2.14. The Morgan fingerprint density at radius 3 is 1.88 bits per heavy atom. The molecule has 2 aromatic rings. The summed E-state index contributed by atoms with van der Waals surface area (Å²) in [5.74, 6) is 0.494. The zero-order valence-corrected chi connectivity index (χ0v) is 16.6. The van der Waals surface area contributed by atoms with Gasteiger partial charge in [-0.3, -0.25) is 4.90 Å². The van der Waals surface area contributed by atoms with E-state index in [1.807, 2.05) is 0 Å². The minimum absolute atomic E-state index is 0.494. The van der Waals surface area contributed by atoms with E-state index in [2.05, 4.69) is 99.0 Å². The fraction of sp³-hybridized carbons (Fsp3) is 0.360. The van der Waals surface area contributed by atoms with Crippen molar-refractivity contribution < 1.29 is 0 Å². The van der Waals surface area contributed by atoms with E-state index in [1.165, 1.54) is 22.3 Å². The van der Waals surface area contributed by atoms with E-state index in [1.54, 1.807) is 0 Å². The van der Waals surface area contributed by atoms with Gasteiger partial charge >= 0.3 is 0 Å². The predicted octanol–water partition coefficient (Wildman–Crippen LogP) is 6.63. The summed E-state index contributed by atoms with van der Waals surface area (Å²) in [6.45, 7) is 14.0. The Morgan fingerprint density at radius 1 is 0.923 bits per heavy atom. The Hall–Kier alpha value is -2.12. The van der Waals surface area contributed by atoms with Gasteiger partial charge in [0, 0.05) is 19.6 Å². The van der Waals surface area contributed by atoms with E-state index in [-0.39, 0.29) is 0 Å². The molecule has 0 aliphatic rings. The van der Waals surface area contributed by atoms with Gasteiger partial charge in [0.1, 0.15) is 0 Å². The van der Waals surface area contributed by atoms with Crippen LogP contribution in [0.1, 0.15) is 44.7 Å². The summed E-state index contributed by atoms with van der Waals surface area (Å²) < 4.78 is 0. The van der Waals surface area contributed by atoms with E-state index in [0.29, 0.717) is 5.92 Å². The van der Waals surface area contributed by atoms with Crippen LogP contribution in [0.4, 0.5) is 0 Å². The summed E-state index contributed by atoms with van der Waals surface area (Å²) in [5.41, 5.74) is 5.48. The van der Waals surface area contributed by atoms with Crippen molar-refractivity contribution in [2.45, 2.75) is 46.7 Å². The molecular weight excluding hydrogens is 314 g/mol. The van der Waals surface area contributed by atoms with Crippen molar-refractivity contribution in [3.8, 4) is 0 Å². The Kier molecular flexibility index (Phi) is 8.37. The second-order valence-corrected chi connectivity index (χ2v) is 7.52. The molecule has 1 heteroatoms. The van der Waals surface area contributed by atoms with Crippen LogP contribution in [0.5, 0.6) is 0 Å². The van der Waals surface area contributed by atoms with E-state index in [9.17, 15) is 0 Å². The molecule has 2 aromatic carbocycles. The zero-order chi connectivity index (χ0) is 18.8. The number of nitrogens with zero attached hydrogens (tertiary/aromatic N) is 1. The second kappa shape index (κ2) is 10.8. The molecule has 1 nitrogen and oxygen atoms in total. The van der Waals surface area contributed by atoms with Gasteiger partial charge in [-0.05, 0) is 43.7 Å². The molecular formula is C25H33N. The molecule has 0 bridgehead atoms. The van der Waals surface area contributed by atoms with Crippen molar-refractivity contribution in [1.82, 2.24) is 4.90 Å². The third-order valence-corrected chi connectivity index (χ3v) is 4.75. The van der Waals surface area contributed by atoms with Crippen molar-refractivity contribution in [2.75, 3.05) is 6.54 Å². The summed E-state index contributed by atoms with van der Waals surface area (Å²) in [6, 6.07) is 21.5. The first-order valence-corrected chi connectivity index (χ1v) is 9.66. The topological polar surface area (TPSA) is 3.24 Å². The van der Waals surface area contributed by atoms with Gasteiger partial charge in [0.15, 0.2) is 0 Å². The van der Waals surface area contributed by atoms with Crippen LogP contribution in [0.15, 0.2) is 84.5 Å². The summed E-state index contributed by atoms with van der Waals surface area (Å²) in [7, 11) is 0. The lowest BCUT2D eigenvalue weighted by atomic mass is 9.96. The van der Waals surface area contributed by atoms with E-state index < -0.39 is 0 Å². The van der Waals surface area contributed by atoms with Crippen molar-refractivity contribution in [3.63, 3.8) is 0 Å². The van der Waals surface area contributed by atoms with Gasteiger partial charge in [0.25, 0.3) is 0 Å². The monoisotopic (exact) mass is 347 g/mol. The average Bonchev–Trinajstić information content (AvgIpc) is 2.63. The maximum Gasteiger partial charge on any atom is 0.0237 e. The van der Waals surface area contributed by atoms with Crippen LogP contribution in [-0.4, -0.2) is 11.4 Å². The minimum Gasteiger partial charge on any atom is -0.294 e. The van der Waals surface area contributed by atoms with Gasteiger partial charge in [-0.25, -0.2) is 0 Å². The molecule has 138 valence electrons. The minimum atomic E-state index is 0.494. The fourth-order valence-electron chi connectivity index (χ4n) is 3.18. The molecule has 0 aromatic heterocycles. The van der Waals surface area contributed by atoms with E-state index in [4.69, 9.17) is 0 Å². The maximum atomic E-state index is 4.36. The molecule has 0 heterocycles. The Labute approximate surface area is 160 Å². The molecule has 1 unspecified atom stereocenters. The van der Waals surface area contributed by atoms with Gasteiger partial charge in [-0.1, -0.05) is 91.4 Å². The van der Waals surface area contributed by atoms with Gasteiger partial charge in [0.2, 0.25) is 0 Å². The number of allylic oxidation sites excluding steroid dienone is 2. The molecule has 0 saturated carbocycles. The summed E-state index contributed by atoms with van der Waals surface area (Å²) in [6.07, 6.45) is 4.49. The van der Waals surface area contributed by atoms with Crippen LogP contribution in [0.25, 0.3) is 0 Å². The average molecular weight is 348 g/mol. The van der Waals surface area contributed by atoms with Crippen molar-refractivity contribution in [1.29, 1.82) is 0 Å². The number of hydrogen-bond donors (Lipinski definition) is 0. The van der Waals surface area contributed by atoms with Gasteiger partial charge in [-0.2, -0.15) is 0 Å². The standard InChI is InChI=1S/C25H33N/c1-21(2)12-11-13-22(3)23(4)18-26(19-24-14-7-5-8-15-24)20-25-16-9-6-10-17-25/h5-10,12,14-17,23H,3,11,13,18-20H2,1-2,4H3. The first-order valence-electron chi connectivity index (χ1n) is 9.66. The Bertz CT molecular complexity index is 639. The van der Waals surface area contributed by atoms with Crippen LogP contribution in [0, 0.1) is 5.92 Å².